The van der Waals surface area contributed by atoms with Crippen molar-refractivity contribution >= 4 is 36.5 Å². The minimum atomic E-state index is -0.0350. The number of benzene rings is 12. The molecule has 0 aliphatic carbocycles. The third kappa shape index (κ3) is 22.1. The Bertz CT molecular complexity index is 4400. The maximum Gasteiger partial charge on any atom is 0.127 e. The van der Waals surface area contributed by atoms with Gasteiger partial charge in [-0.3, -0.25) is 0 Å². The van der Waals surface area contributed by atoms with Crippen LogP contribution < -0.4 is 14.2 Å². The average molecular weight is 1350 g/mol. The summed E-state index contributed by atoms with van der Waals surface area (Å²) in [7, 11) is 0. The Morgan fingerprint density at radius 1 is 0.284 bits per heavy atom. The zero-order valence-electron chi connectivity index (χ0n) is 59.2. The van der Waals surface area contributed by atoms with Gasteiger partial charge in [0.05, 0.1) is 19.8 Å². The van der Waals surface area contributed by atoms with E-state index in [0.717, 1.165) is 100 Å². The molecule has 0 heterocycles. The standard InChI is InChI=1S/2C32H34O2.C32H28O2/c1-23(26-13-7-4-8-14-26)29-21-30(24(2)27-15-9-5-10-16-27)32(34-20-19-33)31(22-29)25(3)28-17-11-6-12-18-28;2*33-24-25-34-32-23-20-29(19-16-26-10-4-1-5-11-26)30(21-17-27-12-6-2-7-13-27)31(32)22-18-28-14-8-3-9-15-28/h4-18,21-25,33H,19-20H2,1-3H3;1-15,20,23,33H,16-19,21-22,24-25H2;1-23,33H,24-25H2/b;;19-16+,21-17+,22-18+. The van der Waals surface area contributed by atoms with Crippen LogP contribution in [0.15, 0.2) is 309 Å². The summed E-state index contributed by atoms with van der Waals surface area (Å²) < 4.78 is 18.3. The van der Waals surface area contributed by atoms with Gasteiger partial charge in [-0.15, -0.1) is 0 Å². The molecule has 0 fully saturated rings. The van der Waals surface area contributed by atoms with E-state index in [9.17, 15) is 15.3 Å². The van der Waals surface area contributed by atoms with Crippen molar-refractivity contribution in [1.82, 2.24) is 0 Å². The Labute approximate surface area is 605 Å². The maximum atomic E-state index is 9.59. The molecule has 0 spiro atoms. The van der Waals surface area contributed by atoms with Gasteiger partial charge in [-0.05, 0) is 134 Å². The minimum absolute atomic E-state index is 0.0134. The summed E-state index contributed by atoms with van der Waals surface area (Å²) in [6, 6.07) is 108. The zero-order valence-corrected chi connectivity index (χ0v) is 59.2. The lowest BCUT2D eigenvalue weighted by Crippen LogP contribution is -2.12. The van der Waals surface area contributed by atoms with E-state index >= 15 is 0 Å². The summed E-state index contributed by atoms with van der Waals surface area (Å²) in [5.41, 5.74) is 22.0. The van der Waals surface area contributed by atoms with Gasteiger partial charge in [0.1, 0.15) is 37.1 Å². The molecule has 102 heavy (non-hydrogen) atoms. The molecule has 6 nitrogen and oxygen atoms in total. The van der Waals surface area contributed by atoms with Crippen LogP contribution in [0.25, 0.3) is 36.5 Å². The minimum Gasteiger partial charge on any atom is -0.491 e. The Morgan fingerprint density at radius 3 is 1.06 bits per heavy atom. The van der Waals surface area contributed by atoms with E-state index in [-0.39, 0.29) is 50.8 Å². The molecule has 12 aromatic rings. The first kappa shape index (κ1) is 73.8. The van der Waals surface area contributed by atoms with Crippen molar-refractivity contribution < 1.29 is 29.5 Å². The fourth-order valence-corrected chi connectivity index (χ4v) is 12.9. The van der Waals surface area contributed by atoms with E-state index in [0.29, 0.717) is 6.61 Å². The number of aryl methyl sites for hydroxylation is 4. The van der Waals surface area contributed by atoms with E-state index in [4.69, 9.17) is 14.2 Å². The van der Waals surface area contributed by atoms with E-state index in [1.165, 1.54) is 55.6 Å². The van der Waals surface area contributed by atoms with Crippen LogP contribution in [-0.2, 0) is 38.5 Å². The monoisotopic (exact) mass is 1340 g/mol. The predicted molar refractivity (Wildman–Crippen MR) is 427 cm³/mol. The fourth-order valence-electron chi connectivity index (χ4n) is 12.9. The third-order valence-corrected chi connectivity index (χ3v) is 18.6. The molecular weight excluding hydrogens is 1250 g/mol. The van der Waals surface area contributed by atoms with Gasteiger partial charge in [0.2, 0.25) is 0 Å². The molecule has 0 amide bonds. The molecule has 516 valence electrons. The van der Waals surface area contributed by atoms with Gasteiger partial charge >= 0.3 is 0 Å². The Morgan fingerprint density at radius 2 is 0.627 bits per heavy atom. The second kappa shape index (κ2) is 40.4. The highest BCUT2D eigenvalue weighted by atomic mass is 16.5. The molecule has 0 bridgehead atoms. The Balaban J connectivity index is 0.000000165. The van der Waals surface area contributed by atoms with E-state index in [1.807, 2.05) is 60.7 Å². The fraction of sp³-hybridized carbons (Fsp3) is 0.188. The molecule has 3 unspecified atom stereocenters. The molecule has 0 aliphatic rings. The number of aliphatic hydroxyl groups is 3. The lowest BCUT2D eigenvalue weighted by Gasteiger charge is -2.26. The summed E-state index contributed by atoms with van der Waals surface area (Å²) in [5.74, 6) is 3.10. The Hall–Kier alpha value is -10.9. The van der Waals surface area contributed by atoms with E-state index < -0.39 is 0 Å². The zero-order chi connectivity index (χ0) is 70.8. The lowest BCUT2D eigenvalue weighted by molar-refractivity contribution is 0.198. The van der Waals surface area contributed by atoms with Crippen LogP contribution in [0.3, 0.4) is 0 Å². The van der Waals surface area contributed by atoms with Crippen LogP contribution in [0, 0.1) is 0 Å². The highest BCUT2D eigenvalue weighted by Gasteiger charge is 2.25. The summed E-state index contributed by atoms with van der Waals surface area (Å²) in [6.45, 7) is 7.56. The largest absolute Gasteiger partial charge is 0.491 e. The second-order valence-corrected chi connectivity index (χ2v) is 25.5. The summed E-state index contributed by atoms with van der Waals surface area (Å²) in [4.78, 5) is 0. The number of ether oxygens (including phenoxy) is 3. The third-order valence-electron chi connectivity index (χ3n) is 18.6. The molecule has 12 rings (SSSR count). The molecule has 0 aromatic heterocycles. The Kier molecular flexibility index (Phi) is 29.3. The van der Waals surface area contributed by atoms with Crippen LogP contribution in [0.4, 0.5) is 0 Å². The highest BCUT2D eigenvalue weighted by Crippen LogP contribution is 2.43. The SMILES string of the molecule is CC(c1ccccc1)c1cc(C(C)c2ccccc2)c(OCCO)c(C(C)c2ccccc2)c1.OCCOc1ccc(/C=C/c2ccccc2)c(/C=C/c2ccccc2)c1/C=C/c1ccccc1.OCCOc1ccc(CCc2ccccc2)c(CCc2ccccc2)c1CCc1ccccc1. The smallest absolute Gasteiger partial charge is 0.127 e. The van der Waals surface area contributed by atoms with Crippen molar-refractivity contribution in [3.8, 4) is 17.2 Å². The number of hydrogen-bond acceptors (Lipinski definition) is 6. The van der Waals surface area contributed by atoms with Crippen molar-refractivity contribution in [1.29, 1.82) is 0 Å². The molecule has 0 saturated carbocycles. The van der Waals surface area contributed by atoms with Crippen molar-refractivity contribution in [2.45, 2.75) is 77.0 Å². The van der Waals surface area contributed by atoms with Crippen molar-refractivity contribution in [2.75, 3.05) is 39.6 Å². The molecule has 0 saturated heterocycles. The summed E-state index contributed by atoms with van der Waals surface area (Å²) in [6.07, 6.45) is 18.6. The molecule has 3 atom stereocenters. The predicted octanol–water partition coefficient (Wildman–Crippen LogP) is 21.5. The number of aliphatic hydroxyl groups excluding tert-OH is 3. The van der Waals surface area contributed by atoms with Crippen molar-refractivity contribution in [3.05, 3.63) is 410 Å². The van der Waals surface area contributed by atoms with Gasteiger partial charge in [-0.2, -0.15) is 0 Å². The first-order chi connectivity index (χ1) is 50.3. The first-order valence-corrected chi connectivity index (χ1v) is 35.9. The topological polar surface area (TPSA) is 88.4 Å². The molecule has 0 radical (unpaired) electrons. The molecule has 6 heteroatoms. The highest BCUT2D eigenvalue weighted by molar-refractivity contribution is 5.88. The quantitative estimate of drug-likeness (QED) is 0.0389. The molecule has 12 aromatic carbocycles. The van der Waals surface area contributed by atoms with Crippen LogP contribution in [0.2, 0.25) is 0 Å². The van der Waals surface area contributed by atoms with Crippen molar-refractivity contribution in [3.63, 3.8) is 0 Å². The molecular formula is C96H96O6. The van der Waals surface area contributed by atoms with Gasteiger partial charge in [0.25, 0.3) is 0 Å². The van der Waals surface area contributed by atoms with Crippen LogP contribution >= 0.6 is 0 Å². The first-order valence-electron chi connectivity index (χ1n) is 35.9. The normalized spacial score (nSPS) is 12.1. The van der Waals surface area contributed by atoms with Crippen LogP contribution in [0.5, 0.6) is 17.2 Å². The van der Waals surface area contributed by atoms with Crippen molar-refractivity contribution in [2.24, 2.45) is 0 Å². The maximum absolute atomic E-state index is 9.59. The average Bonchev–Trinajstić information content (AvgIpc) is 0.784. The summed E-state index contributed by atoms with van der Waals surface area (Å²) >= 11 is 0. The lowest BCUT2D eigenvalue weighted by atomic mass is 9.81. The van der Waals surface area contributed by atoms with Crippen LogP contribution in [0.1, 0.15) is 139 Å². The van der Waals surface area contributed by atoms with Gasteiger partial charge in [-0.1, -0.05) is 354 Å². The van der Waals surface area contributed by atoms with Gasteiger partial charge in [0.15, 0.2) is 0 Å². The van der Waals surface area contributed by atoms with Gasteiger partial charge < -0.3 is 29.5 Å². The van der Waals surface area contributed by atoms with Gasteiger partial charge in [-0.25, -0.2) is 0 Å². The summed E-state index contributed by atoms with van der Waals surface area (Å²) in [5, 5.41) is 28.3. The van der Waals surface area contributed by atoms with Gasteiger partial charge in [0, 0.05) is 34.4 Å². The van der Waals surface area contributed by atoms with E-state index in [1.54, 1.807) is 0 Å². The van der Waals surface area contributed by atoms with E-state index in [2.05, 4.69) is 306 Å². The second-order valence-electron chi connectivity index (χ2n) is 25.5. The molecule has 3 N–H and O–H groups in total. The van der Waals surface area contributed by atoms with Crippen LogP contribution in [-0.4, -0.2) is 55.0 Å². The molecule has 0 aliphatic heterocycles. The number of rotatable bonds is 30. The number of hydrogen-bond donors (Lipinski definition) is 3.